The molecule has 0 saturated heterocycles. The molecule has 2 aromatic rings. The minimum Gasteiger partial charge on any atom is -0.490 e. The number of hydrogen-bond donors (Lipinski definition) is 0. The van der Waals surface area contributed by atoms with Crippen molar-refractivity contribution in [1.82, 2.24) is 4.90 Å². The van der Waals surface area contributed by atoms with Crippen LogP contribution in [0.4, 0.5) is 0 Å². The Balaban J connectivity index is 2.07. The molecule has 2 rings (SSSR count). The zero-order valence-electron chi connectivity index (χ0n) is 12.1. The van der Waals surface area contributed by atoms with Gasteiger partial charge in [-0.05, 0) is 30.7 Å². The first-order valence-corrected chi connectivity index (χ1v) is 6.88. The molecule has 0 N–H and O–H groups in total. The average Bonchev–Trinajstić information content (AvgIpc) is 3.04. The number of carbonyl (C=O) groups is 1. The van der Waals surface area contributed by atoms with Crippen molar-refractivity contribution in [3.8, 4) is 5.75 Å². The van der Waals surface area contributed by atoms with Crippen LogP contribution in [0.15, 0.2) is 59.9 Å². The van der Waals surface area contributed by atoms with Gasteiger partial charge in [0.25, 0.3) is 5.91 Å². The summed E-state index contributed by atoms with van der Waals surface area (Å²) < 4.78 is 10.5. The standard InChI is InChI=1S/C17H19NO3/c1-3-9-21-16-7-5-6-14(11-16)12-18(4-2)17(19)15-8-10-20-13-15/h3,5-8,10-11,13H,1,4,9,12H2,2H3. The van der Waals surface area contributed by atoms with E-state index in [0.29, 0.717) is 25.3 Å². The number of amides is 1. The van der Waals surface area contributed by atoms with Crippen molar-refractivity contribution >= 4 is 5.91 Å². The second-order valence-electron chi connectivity index (χ2n) is 4.58. The van der Waals surface area contributed by atoms with Gasteiger partial charge in [-0.2, -0.15) is 0 Å². The van der Waals surface area contributed by atoms with Crippen LogP contribution in [0.1, 0.15) is 22.8 Å². The van der Waals surface area contributed by atoms with E-state index in [1.54, 1.807) is 17.0 Å². The average molecular weight is 285 g/mol. The van der Waals surface area contributed by atoms with Crippen molar-refractivity contribution in [2.45, 2.75) is 13.5 Å². The first kappa shape index (κ1) is 14.9. The van der Waals surface area contributed by atoms with Crippen LogP contribution in [0.25, 0.3) is 0 Å². The Hall–Kier alpha value is -2.49. The number of carbonyl (C=O) groups excluding carboxylic acids is 1. The summed E-state index contributed by atoms with van der Waals surface area (Å²) in [6.07, 6.45) is 4.67. The molecule has 0 atom stereocenters. The highest BCUT2D eigenvalue weighted by Gasteiger charge is 2.15. The lowest BCUT2D eigenvalue weighted by Crippen LogP contribution is -2.29. The third kappa shape index (κ3) is 3.99. The summed E-state index contributed by atoms with van der Waals surface area (Å²) in [5.74, 6) is 0.739. The van der Waals surface area contributed by atoms with Crippen molar-refractivity contribution in [2.24, 2.45) is 0 Å². The van der Waals surface area contributed by atoms with Crippen molar-refractivity contribution < 1.29 is 13.9 Å². The minimum absolute atomic E-state index is 0.0383. The topological polar surface area (TPSA) is 42.7 Å². The fourth-order valence-corrected chi connectivity index (χ4v) is 2.01. The summed E-state index contributed by atoms with van der Waals surface area (Å²) in [5.41, 5.74) is 1.59. The lowest BCUT2D eigenvalue weighted by atomic mass is 10.2. The van der Waals surface area contributed by atoms with Gasteiger partial charge in [-0.15, -0.1) is 0 Å². The van der Waals surface area contributed by atoms with Gasteiger partial charge in [-0.25, -0.2) is 0 Å². The van der Waals surface area contributed by atoms with Crippen LogP contribution < -0.4 is 4.74 Å². The predicted molar refractivity (Wildman–Crippen MR) is 81.3 cm³/mol. The Labute approximate surface area is 124 Å². The molecule has 0 aliphatic rings. The molecule has 1 aromatic carbocycles. The van der Waals surface area contributed by atoms with E-state index >= 15 is 0 Å². The van der Waals surface area contributed by atoms with Crippen molar-refractivity contribution in [1.29, 1.82) is 0 Å². The van der Waals surface area contributed by atoms with Gasteiger partial charge in [-0.3, -0.25) is 4.79 Å². The maximum absolute atomic E-state index is 12.3. The molecule has 4 heteroatoms. The maximum atomic E-state index is 12.3. The second kappa shape index (κ2) is 7.33. The van der Waals surface area contributed by atoms with Gasteiger partial charge in [-0.1, -0.05) is 24.8 Å². The fourth-order valence-electron chi connectivity index (χ4n) is 2.01. The minimum atomic E-state index is -0.0383. The van der Waals surface area contributed by atoms with E-state index in [0.717, 1.165) is 11.3 Å². The Bertz CT molecular complexity index is 590. The molecule has 0 bridgehead atoms. The molecular formula is C17H19NO3. The Morgan fingerprint density at radius 3 is 2.95 bits per heavy atom. The van der Waals surface area contributed by atoms with Gasteiger partial charge in [0.1, 0.15) is 18.6 Å². The van der Waals surface area contributed by atoms with E-state index in [1.165, 1.54) is 12.5 Å². The van der Waals surface area contributed by atoms with Crippen molar-refractivity contribution in [3.63, 3.8) is 0 Å². The van der Waals surface area contributed by atoms with Crippen LogP contribution in [0, 0.1) is 0 Å². The first-order chi connectivity index (χ1) is 10.2. The van der Waals surface area contributed by atoms with Crippen LogP contribution in [0.3, 0.4) is 0 Å². The largest absolute Gasteiger partial charge is 0.490 e. The van der Waals surface area contributed by atoms with E-state index < -0.39 is 0 Å². The van der Waals surface area contributed by atoms with Crippen LogP contribution >= 0.6 is 0 Å². The molecule has 1 heterocycles. The lowest BCUT2D eigenvalue weighted by Gasteiger charge is -2.20. The van der Waals surface area contributed by atoms with Gasteiger partial charge >= 0.3 is 0 Å². The van der Waals surface area contributed by atoms with Crippen LogP contribution in [-0.4, -0.2) is 24.0 Å². The van der Waals surface area contributed by atoms with Crippen molar-refractivity contribution in [2.75, 3.05) is 13.2 Å². The molecule has 0 aliphatic carbocycles. The maximum Gasteiger partial charge on any atom is 0.257 e. The van der Waals surface area contributed by atoms with Crippen molar-refractivity contribution in [3.05, 3.63) is 66.6 Å². The summed E-state index contributed by atoms with van der Waals surface area (Å²) >= 11 is 0. The number of benzene rings is 1. The second-order valence-corrected chi connectivity index (χ2v) is 4.58. The monoisotopic (exact) mass is 285 g/mol. The SMILES string of the molecule is C=CCOc1cccc(CN(CC)C(=O)c2ccoc2)c1. The highest BCUT2D eigenvalue weighted by molar-refractivity contribution is 5.93. The summed E-state index contributed by atoms with van der Waals surface area (Å²) in [6, 6.07) is 9.40. The van der Waals surface area contributed by atoms with E-state index in [1.807, 2.05) is 31.2 Å². The number of rotatable bonds is 7. The third-order valence-corrected chi connectivity index (χ3v) is 3.08. The normalized spacial score (nSPS) is 10.1. The highest BCUT2D eigenvalue weighted by atomic mass is 16.5. The number of nitrogens with zero attached hydrogens (tertiary/aromatic N) is 1. The number of ether oxygens (including phenoxy) is 1. The molecule has 0 saturated carbocycles. The Kier molecular flexibility index (Phi) is 5.21. The lowest BCUT2D eigenvalue weighted by molar-refractivity contribution is 0.0751. The van der Waals surface area contributed by atoms with E-state index in [4.69, 9.17) is 9.15 Å². The van der Waals surface area contributed by atoms with Crippen LogP contribution in [-0.2, 0) is 6.54 Å². The predicted octanol–water partition coefficient (Wildman–Crippen LogP) is 3.51. The Morgan fingerprint density at radius 1 is 1.43 bits per heavy atom. The van der Waals surface area contributed by atoms with Gasteiger partial charge in [0.05, 0.1) is 11.8 Å². The van der Waals surface area contributed by atoms with E-state index in [-0.39, 0.29) is 5.91 Å². The summed E-state index contributed by atoms with van der Waals surface area (Å²) in [4.78, 5) is 14.1. The van der Waals surface area contributed by atoms with Gasteiger partial charge < -0.3 is 14.1 Å². The smallest absolute Gasteiger partial charge is 0.257 e. The summed E-state index contributed by atoms with van der Waals surface area (Å²) in [6.45, 7) is 7.21. The van der Waals surface area contributed by atoms with E-state index in [2.05, 4.69) is 6.58 Å². The molecule has 21 heavy (non-hydrogen) atoms. The van der Waals surface area contributed by atoms with Gasteiger partial charge in [0, 0.05) is 13.1 Å². The number of hydrogen-bond acceptors (Lipinski definition) is 3. The zero-order chi connectivity index (χ0) is 15.1. The molecular weight excluding hydrogens is 266 g/mol. The molecule has 0 spiro atoms. The molecule has 0 radical (unpaired) electrons. The number of furan rings is 1. The van der Waals surface area contributed by atoms with Gasteiger partial charge in [0.2, 0.25) is 0 Å². The molecule has 110 valence electrons. The molecule has 1 amide bonds. The molecule has 4 nitrogen and oxygen atoms in total. The van der Waals surface area contributed by atoms with Gasteiger partial charge in [0.15, 0.2) is 0 Å². The molecule has 0 aliphatic heterocycles. The quantitative estimate of drug-likeness (QED) is 0.731. The third-order valence-electron chi connectivity index (χ3n) is 3.08. The first-order valence-electron chi connectivity index (χ1n) is 6.88. The molecule has 0 fully saturated rings. The Morgan fingerprint density at radius 2 is 2.29 bits per heavy atom. The summed E-state index contributed by atoms with van der Waals surface area (Å²) in [7, 11) is 0. The van der Waals surface area contributed by atoms with E-state index in [9.17, 15) is 4.79 Å². The van der Waals surface area contributed by atoms with Crippen LogP contribution in [0.2, 0.25) is 0 Å². The molecule has 1 aromatic heterocycles. The highest BCUT2D eigenvalue weighted by Crippen LogP contribution is 2.16. The summed E-state index contributed by atoms with van der Waals surface area (Å²) in [5, 5.41) is 0. The zero-order valence-corrected chi connectivity index (χ0v) is 12.1. The van der Waals surface area contributed by atoms with Crippen LogP contribution in [0.5, 0.6) is 5.75 Å². The fraction of sp³-hybridized carbons (Fsp3) is 0.235. The molecule has 0 unspecified atom stereocenters.